The zero-order chi connectivity index (χ0) is 25.8. The van der Waals surface area contributed by atoms with E-state index < -0.39 is 32.2 Å². The molecule has 0 bridgehead atoms. The van der Waals surface area contributed by atoms with Gasteiger partial charge in [0, 0.05) is 43.0 Å². The van der Waals surface area contributed by atoms with Crippen molar-refractivity contribution >= 4 is 15.8 Å². The number of nitrogens with two attached hydrogens (primary N) is 1. The Kier molecular flexibility index (Phi) is 5.60. The van der Waals surface area contributed by atoms with Gasteiger partial charge in [0.05, 0.1) is 10.5 Å². The lowest BCUT2D eigenvalue weighted by Gasteiger charge is -2.20. The quantitative estimate of drug-likeness (QED) is 0.433. The molecule has 8 nitrogen and oxygen atoms in total. The smallest absolute Gasteiger partial charge is 0.369 e. The summed E-state index contributed by atoms with van der Waals surface area (Å²) in [6.45, 7) is 3.10. The maximum Gasteiger partial charge on any atom is 0.417 e. The van der Waals surface area contributed by atoms with E-state index in [9.17, 15) is 21.6 Å². The summed E-state index contributed by atoms with van der Waals surface area (Å²) in [5.74, 6) is 1.43. The molecule has 36 heavy (non-hydrogen) atoms. The number of rotatable bonds is 3. The molecule has 0 radical (unpaired) electrons. The van der Waals surface area contributed by atoms with Crippen LogP contribution < -0.4 is 16.1 Å². The number of fused-ring (bicyclic) bond motifs is 3. The molecule has 5 rings (SSSR count). The van der Waals surface area contributed by atoms with Gasteiger partial charge in [-0.1, -0.05) is 18.2 Å². The van der Waals surface area contributed by atoms with Gasteiger partial charge in [-0.15, -0.1) is 0 Å². The lowest BCUT2D eigenvalue weighted by atomic mass is 9.92. The van der Waals surface area contributed by atoms with Crippen molar-refractivity contribution in [3.05, 3.63) is 65.4 Å². The van der Waals surface area contributed by atoms with Crippen LogP contribution in [0.1, 0.15) is 11.1 Å². The predicted molar refractivity (Wildman–Crippen MR) is 129 cm³/mol. The van der Waals surface area contributed by atoms with E-state index in [-0.39, 0.29) is 5.56 Å². The fraction of sp³-hybridized carbons (Fsp3) is 0.208. The zero-order valence-electron chi connectivity index (χ0n) is 19.3. The van der Waals surface area contributed by atoms with Crippen molar-refractivity contribution in [3.8, 4) is 33.6 Å². The second-order valence-electron chi connectivity index (χ2n) is 8.41. The third-order valence-corrected chi connectivity index (χ3v) is 7.10. The van der Waals surface area contributed by atoms with E-state index in [2.05, 4.69) is 20.3 Å². The number of anilines is 1. The topological polar surface area (TPSA) is 115 Å². The van der Waals surface area contributed by atoms with E-state index in [4.69, 9.17) is 5.14 Å². The van der Waals surface area contributed by atoms with Gasteiger partial charge in [-0.25, -0.2) is 18.5 Å². The maximum atomic E-state index is 14.0. The van der Waals surface area contributed by atoms with E-state index in [1.54, 1.807) is 25.4 Å². The van der Waals surface area contributed by atoms with Crippen LogP contribution in [0.3, 0.4) is 0 Å². The van der Waals surface area contributed by atoms with Crippen molar-refractivity contribution in [2.45, 2.75) is 24.5 Å². The Labute approximate surface area is 204 Å². The number of aryl methyl sites for hydroxylation is 1. The third-order valence-electron chi connectivity index (χ3n) is 6.15. The molecule has 3 aliphatic heterocycles. The summed E-state index contributed by atoms with van der Waals surface area (Å²) in [4.78, 5) is 12.2. The van der Waals surface area contributed by atoms with Crippen LogP contribution in [-0.4, -0.2) is 36.5 Å². The van der Waals surface area contributed by atoms with Crippen molar-refractivity contribution in [2.24, 2.45) is 10.1 Å². The molecule has 0 aliphatic carbocycles. The van der Waals surface area contributed by atoms with E-state index in [1.807, 2.05) is 17.6 Å². The molecule has 12 heteroatoms. The molecule has 3 aliphatic rings. The molecular weight excluding hydrogens is 493 g/mol. The molecule has 0 fully saturated rings. The summed E-state index contributed by atoms with van der Waals surface area (Å²) in [7, 11) is -2.84. The Balaban J connectivity index is 1.81. The first-order valence-electron chi connectivity index (χ1n) is 10.9. The Morgan fingerprint density at radius 2 is 1.86 bits per heavy atom. The fourth-order valence-electron chi connectivity index (χ4n) is 4.54. The molecule has 186 valence electrons. The van der Waals surface area contributed by atoms with Crippen molar-refractivity contribution in [2.75, 3.05) is 18.9 Å². The molecule has 0 aromatic heterocycles. The number of nitrogens with one attached hydrogen (secondary N) is 1. The van der Waals surface area contributed by atoms with Gasteiger partial charge < -0.3 is 9.88 Å². The summed E-state index contributed by atoms with van der Waals surface area (Å²) in [6, 6.07) is 9.53. The number of aromatic nitrogens is 3. The molecular formula is C24H21F3N6O2S. The number of halogens is 3. The normalized spacial score (nSPS) is 14.2. The molecule has 0 unspecified atom stereocenters. The zero-order valence-corrected chi connectivity index (χ0v) is 20.1. The molecule has 0 amide bonds. The largest absolute Gasteiger partial charge is 0.417 e. The average Bonchev–Trinajstić information content (AvgIpc) is 3.32. The Morgan fingerprint density at radius 3 is 2.56 bits per heavy atom. The summed E-state index contributed by atoms with van der Waals surface area (Å²) in [5.41, 5.74) is 1.75. The summed E-state index contributed by atoms with van der Waals surface area (Å²) < 4.78 is 68.3. The number of hydrogen-bond donors (Lipinski definition) is 2. The molecule has 3 N–H and O–H groups in total. The van der Waals surface area contributed by atoms with Gasteiger partial charge in [0.2, 0.25) is 15.6 Å². The standard InChI is InChI=1S/C24H21F3N6O2S/c1-13-6-7-14(20-18(24(25,26)27)4-3-5-19(20)36(28,34)35)10-16(13)17-11-15-12-31-23(29-2)32-21(15)33-9-8-30-22(17)33/h3-7,10-12,30H,8-9H2,1-2H3,(H2,28,34,35). The van der Waals surface area contributed by atoms with Crippen LogP contribution in [0.4, 0.5) is 19.0 Å². The lowest BCUT2D eigenvalue weighted by molar-refractivity contribution is -0.137. The molecule has 0 saturated carbocycles. The highest BCUT2D eigenvalue weighted by molar-refractivity contribution is 7.89. The first kappa shape index (κ1) is 23.9. The Bertz CT molecular complexity index is 1660. The number of alkyl halides is 3. The van der Waals surface area contributed by atoms with Crippen molar-refractivity contribution in [3.63, 3.8) is 0 Å². The molecule has 0 spiro atoms. The highest BCUT2D eigenvalue weighted by atomic mass is 32.2. The minimum Gasteiger partial charge on any atom is -0.369 e. The highest BCUT2D eigenvalue weighted by Crippen LogP contribution is 2.43. The first-order chi connectivity index (χ1) is 17.0. The van der Waals surface area contributed by atoms with Crippen molar-refractivity contribution in [1.82, 2.24) is 14.5 Å². The van der Waals surface area contributed by atoms with Crippen LogP contribution in [0.5, 0.6) is 0 Å². The van der Waals surface area contributed by atoms with Gasteiger partial charge in [0.15, 0.2) is 0 Å². The second kappa shape index (κ2) is 8.42. The third kappa shape index (κ3) is 4.01. The van der Waals surface area contributed by atoms with E-state index in [0.29, 0.717) is 30.1 Å². The predicted octanol–water partition coefficient (Wildman–Crippen LogP) is 3.65. The van der Waals surface area contributed by atoms with Crippen LogP contribution in [0.15, 0.2) is 58.5 Å². The van der Waals surface area contributed by atoms with E-state index in [1.165, 1.54) is 6.07 Å². The van der Waals surface area contributed by atoms with Gasteiger partial charge >= 0.3 is 6.18 Å². The van der Waals surface area contributed by atoms with E-state index in [0.717, 1.165) is 40.7 Å². The maximum absolute atomic E-state index is 14.0. The van der Waals surface area contributed by atoms with Crippen LogP contribution >= 0.6 is 0 Å². The highest BCUT2D eigenvalue weighted by Gasteiger charge is 2.36. The van der Waals surface area contributed by atoms with Gasteiger partial charge in [-0.2, -0.15) is 18.2 Å². The number of hydrogen-bond acceptors (Lipinski definition) is 6. The van der Waals surface area contributed by atoms with Gasteiger partial charge in [-0.05, 0) is 47.9 Å². The number of sulfonamides is 1. The number of nitrogens with zero attached hydrogens (tertiary/aromatic N) is 4. The Hall–Kier alpha value is -3.77. The number of primary sulfonamides is 1. The van der Waals surface area contributed by atoms with E-state index >= 15 is 0 Å². The fourth-order valence-corrected chi connectivity index (χ4v) is 5.32. The van der Waals surface area contributed by atoms with Crippen LogP contribution in [0, 0.1) is 6.92 Å². The summed E-state index contributed by atoms with van der Waals surface area (Å²) in [6.07, 6.45) is -3.14. The summed E-state index contributed by atoms with van der Waals surface area (Å²) in [5, 5.41) is 8.65. The van der Waals surface area contributed by atoms with Gasteiger partial charge in [-0.3, -0.25) is 4.99 Å². The van der Waals surface area contributed by atoms with Crippen LogP contribution in [0.25, 0.3) is 33.6 Å². The molecule has 2 aromatic carbocycles. The van der Waals surface area contributed by atoms with Crippen molar-refractivity contribution in [1.29, 1.82) is 0 Å². The number of pyridine rings is 1. The minimum atomic E-state index is -4.79. The lowest BCUT2D eigenvalue weighted by Crippen LogP contribution is -2.17. The molecule has 0 atom stereocenters. The van der Waals surface area contributed by atoms with Gasteiger partial charge in [0.25, 0.3) is 0 Å². The average molecular weight is 515 g/mol. The first-order valence-corrected chi connectivity index (χ1v) is 12.5. The van der Waals surface area contributed by atoms with Gasteiger partial charge in [0.1, 0.15) is 11.6 Å². The SMILES string of the molecule is CN=c1ncc2cc(-c3cc(-c4c(C(F)(F)F)cccc4S(N)(=O)=O)ccc3C)c3n(c-2n1)CCN3. The molecule has 2 aromatic rings. The van der Waals surface area contributed by atoms with Crippen molar-refractivity contribution < 1.29 is 21.6 Å². The monoisotopic (exact) mass is 514 g/mol. The minimum absolute atomic E-state index is 0.0841. The molecule has 3 heterocycles. The number of benzene rings is 2. The second-order valence-corrected chi connectivity index (χ2v) is 9.94. The van der Waals surface area contributed by atoms with Crippen LogP contribution in [0.2, 0.25) is 0 Å². The molecule has 0 saturated heterocycles. The Morgan fingerprint density at radius 1 is 1.11 bits per heavy atom. The summed E-state index contributed by atoms with van der Waals surface area (Å²) >= 11 is 0. The van der Waals surface area contributed by atoms with Crippen LogP contribution in [-0.2, 0) is 22.7 Å².